The maximum absolute atomic E-state index is 13.1. The minimum Gasteiger partial charge on any atom is -0.444 e. The number of para-hydroxylation sites is 3. The van der Waals surface area contributed by atoms with E-state index in [0.29, 0.717) is 46.9 Å². The lowest BCUT2D eigenvalue weighted by molar-refractivity contribution is -0.137. The van der Waals surface area contributed by atoms with Gasteiger partial charge < -0.3 is 24.6 Å². The fraction of sp³-hybridized carbons (Fsp3) is 0.633. The molecule has 6 aliphatic heterocycles. The molecule has 9 heterocycles. The van der Waals surface area contributed by atoms with Crippen molar-refractivity contribution in [3.05, 3.63) is 102 Å². The van der Waals surface area contributed by atoms with Gasteiger partial charge in [0.2, 0.25) is 35.4 Å². The van der Waals surface area contributed by atoms with E-state index in [4.69, 9.17) is 9.47 Å². The maximum atomic E-state index is 13.1. The van der Waals surface area contributed by atoms with Crippen LogP contribution >= 0.6 is 54.2 Å². The number of fused-ring (bicyclic) bond motifs is 3. The number of likely N-dealkylation sites (tertiary alicyclic amines) is 2. The average Bonchev–Trinajstić information content (AvgIpc) is 1.64. The van der Waals surface area contributed by atoms with E-state index >= 15 is 0 Å². The van der Waals surface area contributed by atoms with E-state index in [-0.39, 0.29) is 100 Å². The van der Waals surface area contributed by atoms with Gasteiger partial charge in [-0.3, -0.25) is 72.1 Å². The summed E-state index contributed by atoms with van der Waals surface area (Å²) in [5, 5.41) is 11.6. The van der Waals surface area contributed by atoms with Crippen molar-refractivity contribution in [3.8, 4) is 0 Å². The molecule has 25 nitrogen and oxygen atoms in total. The summed E-state index contributed by atoms with van der Waals surface area (Å²) in [7, 11) is 5.20. The predicted molar refractivity (Wildman–Crippen MR) is 429 cm³/mol. The first kappa shape index (κ1) is 83.5. The lowest BCUT2D eigenvalue weighted by Crippen LogP contribution is -2.49. The maximum Gasteiger partial charge on any atom is 0.410 e. The number of hydrogen-bond donors (Lipinski definition) is 4. The van der Waals surface area contributed by atoms with Crippen LogP contribution < -0.4 is 38.3 Å². The molecular formula is C79H110Br2ClN12O13P. The van der Waals surface area contributed by atoms with Gasteiger partial charge in [0.1, 0.15) is 29.3 Å². The molecule has 4 N–H and O–H groups in total. The number of hydrogen-bond acceptors (Lipinski definition) is 14. The Morgan fingerprint density at radius 2 is 0.787 bits per heavy atom. The molecule has 8 amide bonds. The molecule has 9 aliphatic rings. The number of amides is 8. The van der Waals surface area contributed by atoms with E-state index in [9.17, 15) is 52.7 Å². The van der Waals surface area contributed by atoms with Gasteiger partial charge in [-0.1, -0.05) is 46.3 Å². The van der Waals surface area contributed by atoms with Crippen molar-refractivity contribution in [1.29, 1.82) is 0 Å². The minimum atomic E-state index is -0.665. The highest BCUT2D eigenvalue weighted by Crippen LogP contribution is 2.56. The van der Waals surface area contributed by atoms with Crippen LogP contribution in [0.5, 0.6) is 0 Å². The first-order valence-corrected chi connectivity index (χ1v) is 40.2. The molecule has 9 fully saturated rings. The molecule has 4 atom stereocenters. The zero-order chi connectivity index (χ0) is 75.9. The SMILES string of the molecule is CC(C)(C)OC(=O)N1CCC2(CC1)CC(CCBr)C2.Cl.Cn1c(=O)n(C2CCC(=O)NC2=O)c2cccc(Br)c21.Cn1c(=O)n(C2CCC(=O)NC2=O)c2cccc(CCC3CC4(CCN(C(=O)OC(C)(C)C)CC4)C3)c21.Cn1c(=O)n(C2CCC(=O)NC2=O)c2cccc(CCC3CC4(CCNCC4)C3)c21.P. The Balaban J connectivity index is 0.000000158. The van der Waals surface area contributed by atoms with Gasteiger partial charge in [-0.25, -0.2) is 24.0 Å². The second-order valence-corrected chi connectivity index (χ2v) is 35.4. The molecule has 4 unspecified atom stereocenters. The van der Waals surface area contributed by atoms with Crippen LogP contribution in [0.4, 0.5) is 9.59 Å². The van der Waals surface area contributed by atoms with Crippen LogP contribution in [0.3, 0.4) is 0 Å². The van der Waals surface area contributed by atoms with E-state index in [0.717, 1.165) is 145 Å². The summed E-state index contributed by atoms with van der Waals surface area (Å²) in [4.78, 5) is 138. The van der Waals surface area contributed by atoms with Gasteiger partial charge in [-0.05, 0) is 268 Å². The molecule has 3 spiro atoms. The number of aromatic nitrogens is 6. The Hall–Kier alpha value is -6.93. The van der Waals surface area contributed by atoms with Crippen LogP contribution in [-0.4, -0.2) is 141 Å². The molecule has 3 aromatic heterocycles. The Morgan fingerprint density at radius 3 is 1.12 bits per heavy atom. The third-order valence-electron chi connectivity index (χ3n) is 24.1. The average molecular weight is 1660 g/mol. The highest BCUT2D eigenvalue weighted by Gasteiger charge is 2.49. The van der Waals surface area contributed by atoms with Crippen molar-refractivity contribution < 1.29 is 47.8 Å². The molecule has 0 radical (unpaired) electrons. The van der Waals surface area contributed by atoms with Crippen LogP contribution in [0, 0.1) is 34.0 Å². The summed E-state index contributed by atoms with van der Waals surface area (Å²) < 4.78 is 21.2. The van der Waals surface area contributed by atoms with Gasteiger partial charge in [0.25, 0.3) is 0 Å². The first-order chi connectivity index (χ1) is 50.3. The molecule has 3 aliphatic carbocycles. The van der Waals surface area contributed by atoms with Crippen molar-refractivity contribution in [2.45, 2.75) is 219 Å². The largest absolute Gasteiger partial charge is 0.444 e. The van der Waals surface area contributed by atoms with Crippen molar-refractivity contribution in [1.82, 2.24) is 58.5 Å². The number of nitrogens with one attached hydrogen (secondary N) is 4. The Kier molecular flexibility index (Phi) is 26.3. The number of carbonyl (C=O) groups is 8. The normalized spacial score (nSPS) is 23.0. The van der Waals surface area contributed by atoms with E-state index < -0.39 is 35.5 Å². The number of imide groups is 3. The Labute approximate surface area is 657 Å². The fourth-order valence-corrected chi connectivity index (χ4v) is 19.9. The highest BCUT2D eigenvalue weighted by molar-refractivity contribution is 9.10. The molecule has 29 heteroatoms. The van der Waals surface area contributed by atoms with Gasteiger partial charge in [0, 0.05) is 76.4 Å². The summed E-state index contributed by atoms with van der Waals surface area (Å²) in [6.07, 6.45) is 21.5. The molecule has 15 rings (SSSR count). The van der Waals surface area contributed by atoms with E-state index in [1.807, 2.05) is 87.7 Å². The second-order valence-electron chi connectivity index (χ2n) is 33.8. The van der Waals surface area contributed by atoms with Crippen molar-refractivity contribution in [2.75, 3.05) is 44.6 Å². The number of alkyl halides is 1. The molecule has 6 saturated heterocycles. The molecule has 3 aromatic carbocycles. The van der Waals surface area contributed by atoms with Crippen molar-refractivity contribution in [3.63, 3.8) is 0 Å². The zero-order valence-corrected chi connectivity index (χ0v) is 69.5. The van der Waals surface area contributed by atoms with Gasteiger partial charge in [-0.15, -0.1) is 12.4 Å². The monoisotopic (exact) mass is 1660 g/mol. The number of imidazole rings is 3. The summed E-state index contributed by atoms with van der Waals surface area (Å²) in [5.74, 6) is 0.261. The van der Waals surface area contributed by atoms with Crippen LogP contribution in [0.2, 0.25) is 0 Å². The first-order valence-electron chi connectivity index (χ1n) is 38.2. The van der Waals surface area contributed by atoms with Crippen molar-refractivity contribution >= 4 is 135 Å². The predicted octanol–water partition coefficient (Wildman–Crippen LogP) is 11.5. The number of benzene rings is 3. The van der Waals surface area contributed by atoms with Gasteiger partial charge in [-0.2, -0.15) is 9.90 Å². The smallest absolute Gasteiger partial charge is 0.410 e. The number of rotatable bonds is 11. The van der Waals surface area contributed by atoms with Gasteiger partial charge in [0.15, 0.2) is 0 Å². The van der Waals surface area contributed by atoms with Crippen LogP contribution in [0.1, 0.15) is 206 Å². The standard InChI is InChI=1S/C28H38N4O5.C23H30N4O3.C15H26BrNO2.C13H12BrN3O3.ClH.H3P/c1-27(2,3)37-26(36)31-14-12-28(13-15-31)16-18(17-28)8-9-19-6-5-7-20-23(19)30(4)25(35)32(20)21-10-11-22(33)29-24(21)34;1-26-20-16(6-5-15-13-23(14-15)9-11-24-12-10-23)3-2-4-17(20)27(22(26)30)18-7-8-19(28)25-21(18)29;1-14(2,3)19-13(18)17-8-5-15(6-9-17)10-12(11-15)4-7-16;1-16-11-7(14)3-2-4-8(11)17(13(16)20)9-5-6-10(18)15-12(9)19;;/h5-7,18,21H,8-17H2,1-4H3,(H,29,33,34);2-4,15,18,24H,5-14H2,1H3,(H,25,28,29);12H,4-11H2,1-3H3;2-4,9H,5-6H2,1H3,(H,15,18,19);1H;1H3. The van der Waals surface area contributed by atoms with Gasteiger partial charge in [0.05, 0.1) is 33.1 Å². The van der Waals surface area contributed by atoms with Crippen LogP contribution in [0.25, 0.3) is 33.1 Å². The number of aryl methyl sites for hydroxylation is 5. The quantitative estimate of drug-likeness (QED) is 0.0533. The molecule has 0 bridgehead atoms. The molecule has 6 aromatic rings. The van der Waals surface area contributed by atoms with E-state index in [2.05, 4.69) is 65.3 Å². The lowest BCUT2D eigenvalue weighted by atomic mass is 9.56. The molecule has 590 valence electrons. The van der Waals surface area contributed by atoms with E-state index in [1.165, 1.54) is 72.5 Å². The number of halogens is 3. The number of ether oxygens (including phenoxy) is 2. The van der Waals surface area contributed by atoms with E-state index in [1.54, 1.807) is 45.5 Å². The summed E-state index contributed by atoms with van der Waals surface area (Å²) in [6, 6.07) is 15.4. The Morgan fingerprint density at radius 1 is 0.472 bits per heavy atom. The summed E-state index contributed by atoms with van der Waals surface area (Å²) >= 11 is 6.94. The van der Waals surface area contributed by atoms with Crippen LogP contribution in [-0.2, 0) is 72.2 Å². The third kappa shape index (κ3) is 18.2. The molecular weight excluding hydrogens is 1550 g/mol. The number of piperidine rings is 6. The zero-order valence-electron chi connectivity index (χ0n) is 64.1. The van der Waals surface area contributed by atoms with Gasteiger partial charge >= 0.3 is 29.3 Å². The fourth-order valence-electron chi connectivity index (χ4n) is 18.7. The number of nitrogens with zero attached hydrogens (tertiary/aromatic N) is 8. The van der Waals surface area contributed by atoms with Crippen molar-refractivity contribution in [2.24, 2.45) is 55.1 Å². The summed E-state index contributed by atoms with van der Waals surface area (Å²) in [5.41, 5.74) is 6.98. The molecule has 3 saturated carbocycles. The minimum absolute atomic E-state index is 0. The number of carbonyl (C=O) groups excluding carboxylic acids is 8. The van der Waals surface area contributed by atoms with Crippen LogP contribution in [0.15, 0.2) is 73.5 Å². The highest BCUT2D eigenvalue weighted by atomic mass is 79.9. The lowest BCUT2D eigenvalue weighted by Gasteiger charge is -2.52. The Bertz CT molecular complexity index is 4550. The third-order valence-corrected chi connectivity index (χ3v) is 25.2. The summed E-state index contributed by atoms with van der Waals surface area (Å²) in [6.45, 7) is 17.0. The topological polar surface area (TPSA) is 290 Å². The molecule has 108 heavy (non-hydrogen) atoms. The second kappa shape index (κ2) is 34.0.